The van der Waals surface area contributed by atoms with Crippen LogP contribution >= 0.6 is 0 Å². The zero-order chi connectivity index (χ0) is 24.1. The quantitative estimate of drug-likeness (QED) is 0.221. The van der Waals surface area contributed by atoms with E-state index in [0.717, 1.165) is 12.1 Å². The van der Waals surface area contributed by atoms with E-state index in [9.17, 15) is 0 Å². The van der Waals surface area contributed by atoms with Crippen molar-refractivity contribution in [3.63, 3.8) is 0 Å². The van der Waals surface area contributed by atoms with Gasteiger partial charge in [0.15, 0.2) is 0 Å². The molecule has 1 aliphatic carbocycles. The van der Waals surface area contributed by atoms with Gasteiger partial charge in [-0.1, -0.05) is 72.8 Å². The van der Waals surface area contributed by atoms with Gasteiger partial charge < -0.3 is 4.57 Å². The highest BCUT2D eigenvalue weighted by Crippen LogP contribution is 2.44. The second-order valence-electron chi connectivity index (χ2n) is 10.0. The number of hydrogen-bond acceptors (Lipinski definition) is 1. The summed E-state index contributed by atoms with van der Waals surface area (Å²) in [5, 5.41) is 6.23. The molecule has 0 bridgehead atoms. The Kier molecular flexibility index (Phi) is 3.58. The van der Waals surface area contributed by atoms with Gasteiger partial charge in [0.25, 0.3) is 0 Å². The predicted octanol–water partition coefficient (Wildman–Crippen LogP) is 8.31. The van der Waals surface area contributed by atoms with Gasteiger partial charge in [0.2, 0.25) is 0 Å². The summed E-state index contributed by atoms with van der Waals surface area (Å²) in [4.78, 5) is 4.88. The lowest BCUT2D eigenvalue weighted by Gasteiger charge is -2.14. The summed E-state index contributed by atoms with van der Waals surface area (Å²) < 4.78 is 4.71. The highest BCUT2D eigenvalue weighted by molar-refractivity contribution is 6.21. The van der Waals surface area contributed by atoms with Crippen LogP contribution in [0.1, 0.15) is 11.1 Å². The van der Waals surface area contributed by atoms with Gasteiger partial charge in [-0.3, -0.25) is 4.40 Å². The normalized spacial score (nSPS) is 12.8. The van der Waals surface area contributed by atoms with Gasteiger partial charge in [0, 0.05) is 46.0 Å². The molecule has 3 nitrogen and oxygen atoms in total. The van der Waals surface area contributed by atoms with E-state index in [2.05, 4.69) is 118 Å². The van der Waals surface area contributed by atoms with Gasteiger partial charge >= 0.3 is 0 Å². The topological polar surface area (TPSA) is 22.2 Å². The molecule has 172 valence electrons. The summed E-state index contributed by atoms with van der Waals surface area (Å²) in [6.07, 6.45) is 5.01. The van der Waals surface area contributed by atoms with Crippen molar-refractivity contribution in [1.82, 2.24) is 14.0 Å². The molecular weight excluding hydrogens is 450 g/mol. The van der Waals surface area contributed by atoms with Crippen LogP contribution < -0.4 is 0 Å². The first-order valence-electron chi connectivity index (χ1n) is 12.8. The van der Waals surface area contributed by atoms with E-state index in [-0.39, 0.29) is 0 Å². The van der Waals surface area contributed by atoms with Gasteiger partial charge in [0.1, 0.15) is 5.65 Å². The lowest BCUT2D eigenvalue weighted by molar-refractivity contribution is 1.18. The minimum atomic E-state index is 0.953. The second kappa shape index (κ2) is 6.86. The van der Waals surface area contributed by atoms with Crippen LogP contribution in [0.15, 0.2) is 116 Å². The number of rotatable bonds is 1. The molecule has 8 aromatic rings. The lowest BCUT2D eigenvalue weighted by Crippen LogP contribution is -1.96. The molecule has 3 heterocycles. The van der Waals surface area contributed by atoms with E-state index in [1.54, 1.807) is 0 Å². The van der Waals surface area contributed by atoms with Crippen molar-refractivity contribution in [3.05, 3.63) is 127 Å². The van der Waals surface area contributed by atoms with Crippen LogP contribution in [0.4, 0.5) is 0 Å². The van der Waals surface area contributed by atoms with E-state index < -0.39 is 0 Å². The Morgan fingerprint density at radius 2 is 1.43 bits per heavy atom. The third-order valence-electron chi connectivity index (χ3n) is 8.20. The van der Waals surface area contributed by atoms with E-state index in [1.165, 1.54) is 71.4 Å². The van der Waals surface area contributed by atoms with Crippen LogP contribution in [0.2, 0.25) is 0 Å². The molecule has 0 amide bonds. The first kappa shape index (κ1) is 19.3. The highest BCUT2D eigenvalue weighted by Gasteiger charge is 2.24. The Labute approximate surface area is 212 Å². The Hall–Kier alpha value is -4.89. The van der Waals surface area contributed by atoms with Gasteiger partial charge in [-0.15, -0.1) is 0 Å². The van der Waals surface area contributed by atoms with Crippen molar-refractivity contribution >= 4 is 49.1 Å². The largest absolute Gasteiger partial charge is 0.309 e. The first-order chi connectivity index (χ1) is 18.4. The van der Waals surface area contributed by atoms with Crippen molar-refractivity contribution < 1.29 is 0 Å². The predicted molar refractivity (Wildman–Crippen MR) is 153 cm³/mol. The van der Waals surface area contributed by atoms with E-state index in [1.807, 2.05) is 6.20 Å². The fraction of sp³-hybridized carbons (Fsp3) is 0.0294. The third-order valence-corrected chi connectivity index (χ3v) is 8.20. The van der Waals surface area contributed by atoms with E-state index >= 15 is 0 Å². The Balaban J connectivity index is 1.49. The molecule has 0 spiro atoms. The van der Waals surface area contributed by atoms with Crippen molar-refractivity contribution in [1.29, 1.82) is 0 Å². The molecule has 0 unspecified atom stereocenters. The van der Waals surface area contributed by atoms with Crippen LogP contribution in [0.3, 0.4) is 0 Å². The number of imidazole rings is 1. The van der Waals surface area contributed by atoms with Crippen molar-refractivity contribution in [3.8, 4) is 16.8 Å². The molecule has 0 aliphatic heterocycles. The fourth-order valence-electron chi connectivity index (χ4n) is 6.65. The number of pyridine rings is 1. The first-order valence-corrected chi connectivity index (χ1v) is 12.8. The monoisotopic (exact) mass is 471 g/mol. The zero-order valence-electron chi connectivity index (χ0n) is 20.0. The van der Waals surface area contributed by atoms with Gasteiger partial charge in [-0.25, -0.2) is 4.98 Å². The smallest absolute Gasteiger partial charge is 0.145 e. The second-order valence-corrected chi connectivity index (χ2v) is 10.0. The van der Waals surface area contributed by atoms with Crippen molar-refractivity contribution in [2.45, 2.75) is 6.42 Å². The molecule has 1 aliphatic rings. The summed E-state index contributed by atoms with van der Waals surface area (Å²) in [5.74, 6) is 0. The van der Waals surface area contributed by atoms with Crippen LogP contribution in [0.5, 0.6) is 0 Å². The third kappa shape index (κ3) is 2.43. The summed E-state index contributed by atoms with van der Waals surface area (Å²) in [6.45, 7) is 0. The molecule has 0 fully saturated rings. The van der Waals surface area contributed by atoms with Crippen molar-refractivity contribution in [2.75, 3.05) is 0 Å². The minimum Gasteiger partial charge on any atom is -0.309 e. The molecule has 0 saturated carbocycles. The lowest BCUT2D eigenvalue weighted by atomic mass is 9.97. The fourth-order valence-corrected chi connectivity index (χ4v) is 6.65. The molecule has 3 aromatic heterocycles. The van der Waals surface area contributed by atoms with E-state index in [0.29, 0.717) is 0 Å². The molecular formula is C34H21N3. The molecule has 0 saturated heterocycles. The number of aromatic nitrogens is 3. The van der Waals surface area contributed by atoms with Gasteiger partial charge in [0.05, 0.1) is 16.6 Å². The van der Waals surface area contributed by atoms with Gasteiger partial charge in [-0.2, -0.15) is 0 Å². The maximum atomic E-state index is 4.88. The standard InChI is InChI=1S/C34H21N3/c1-2-9-22(10-3-1)37-31-13-7-6-12-25(31)28-19-30-27(20-32(28)37)26-15-14-24-23-11-5-4-8-21(23)18-29(24)33(26)36-17-16-35-34(30)36/h1-17,19-20H,18H2. The number of fused-ring (bicyclic) bond motifs is 13. The molecule has 0 atom stereocenters. The number of para-hydroxylation sites is 2. The number of nitrogens with zero attached hydrogens (tertiary/aromatic N) is 3. The average molecular weight is 472 g/mol. The summed E-state index contributed by atoms with van der Waals surface area (Å²) in [7, 11) is 0. The van der Waals surface area contributed by atoms with Crippen LogP contribution in [0, 0.1) is 0 Å². The number of benzene rings is 5. The summed E-state index contributed by atoms with van der Waals surface area (Å²) in [5.41, 5.74) is 11.4. The highest BCUT2D eigenvalue weighted by atomic mass is 15.0. The minimum absolute atomic E-state index is 0.953. The van der Waals surface area contributed by atoms with Gasteiger partial charge in [-0.05, 0) is 58.0 Å². The van der Waals surface area contributed by atoms with Crippen LogP contribution in [-0.2, 0) is 6.42 Å². The molecule has 5 aromatic carbocycles. The summed E-state index contributed by atoms with van der Waals surface area (Å²) >= 11 is 0. The van der Waals surface area contributed by atoms with Crippen LogP contribution in [0.25, 0.3) is 65.9 Å². The number of hydrogen-bond donors (Lipinski definition) is 0. The average Bonchev–Trinajstić information content (AvgIpc) is 3.66. The van der Waals surface area contributed by atoms with Crippen LogP contribution in [-0.4, -0.2) is 14.0 Å². The Bertz CT molecular complexity index is 2210. The molecule has 9 rings (SSSR count). The molecule has 3 heteroatoms. The Morgan fingerprint density at radius 3 is 2.38 bits per heavy atom. The SMILES string of the molecule is c1ccc(-n2c3ccccc3c3cc4c(cc32)c2ccc3c(c2n2ccnc42)Cc2ccccc2-3)cc1. The summed E-state index contributed by atoms with van der Waals surface area (Å²) in [6, 6.07) is 37.6. The molecule has 0 radical (unpaired) electrons. The maximum Gasteiger partial charge on any atom is 0.145 e. The van der Waals surface area contributed by atoms with Crippen molar-refractivity contribution in [2.24, 2.45) is 0 Å². The Morgan fingerprint density at radius 1 is 0.595 bits per heavy atom. The molecule has 37 heavy (non-hydrogen) atoms. The maximum absolute atomic E-state index is 4.88. The van der Waals surface area contributed by atoms with E-state index in [4.69, 9.17) is 4.98 Å². The molecule has 0 N–H and O–H groups in total. The zero-order valence-corrected chi connectivity index (χ0v) is 20.0.